The summed E-state index contributed by atoms with van der Waals surface area (Å²) in [5.74, 6) is 2.79. The minimum Gasteiger partial charge on any atom is -0.346 e. The van der Waals surface area contributed by atoms with Gasteiger partial charge in [0.1, 0.15) is 0 Å². The Kier molecular flexibility index (Phi) is 2.85. The minimum atomic E-state index is 0.0197. The summed E-state index contributed by atoms with van der Waals surface area (Å²) in [4.78, 5) is 12.0. The number of hydrogen-bond donors (Lipinski definition) is 1. The number of carbonyl (C=O) groups excluding carboxylic acids is 1. The smallest absolute Gasteiger partial charge is 0.243 e. The molecule has 0 aliphatic heterocycles. The lowest BCUT2D eigenvalue weighted by Crippen LogP contribution is -2.70. The van der Waals surface area contributed by atoms with E-state index in [-0.39, 0.29) is 11.4 Å². The molecule has 0 saturated heterocycles. The van der Waals surface area contributed by atoms with Gasteiger partial charge in [0.05, 0.1) is 0 Å². The van der Waals surface area contributed by atoms with Crippen LogP contribution in [0.3, 0.4) is 0 Å². The van der Waals surface area contributed by atoms with E-state index in [0.29, 0.717) is 23.2 Å². The normalized spacial score (nSPS) is 47.5. The molecule has 4 fully saturated rings. The fraction of sp³-hybridized carbons (Fsp3) is 0.824. The van der Waals surface area contributed by atoms with Gasteiger partial charge in [-0.25, -0.2) is 0 Å². The molecule has 2 unspecified atom stereocenters. The highest BCUT2D eigenvalue weighted by Crippen LogP contribution is 2.64. The van der Waals surface area contributed by atoms with Crippen LogP contribution in [-0.2, 0) is 4.79 Å². The fourth-order valence-electron chi connectivity index (χ4n) is 5.99. The van der Waals surface area contributed by atoms with Gasteiger partial charge in [-0.15, -0.1) is 0 Å². The largest absolute Gasteiger partial charge is 0.346 e. The average Bonchev–Trinajstić information content (AvgIpc) is 2.31. The first-order chi connectivity index (χ1) is 8.89. The molecule has 4 saturated carbocycles. The van der Waals surface area contributed by atoms with E-state index < -0.39 is 0 Å². The van der Waals surface area contributed by atoms with Crippen LogP contribution in [0.15, 0.2) is 12.7 Å². The predicted octanol–water partition coefficient (Wildman–Crippen LogP) is 3.53. The van der Waals surface area contributed by atoms with E-state index in [9.17, 15) is 4.79 Å². The van der Waals surface area contributed by atoms with Gasteiger partial charge in [0.25, 0.3) is 0 Å². The van der Waals surface area contributed by atoms with Crippen molar-refractivity contribution < 1.29 is 4.79 Å². The topological polar surface area (TPSA) is 29.1 Å². The van der Waals surface area contributed by atoms with Gasteiger partial charge in [0, 0.05) is 5.54 Å². The Morgan fingerprint density at radius 3 is 2.26 bits per heavy atom. The van der Waals surface area contributed by atoms with E-state index in [1.807, 2.05) is 0 Å². The highest BCUT2D eigenvalue weighted by atomic mass is 16.1. The molecule has 2 nitrogen and oxygen atoms in total. The SMILES string of the molecule is C=CC(=O)NC1(C(C)C)C2CC3CC1CC(C)(C3)C2. The maximum Gasteiger partial charge on any atom is 0.243 e. The molecule has 1 N–H and O–H groups in total. The average molecular weight is 261 g/mol. The number of carbonyl (C=O) groups is 1. The summed E-state index contributed by atoms with van der Waals surface area (Å²) in [7, 11) is 0. The van der Waals surface area contributed by atoms with Crippen LogP contribution < -0.4 is 5.32 Å². The second-order valence-corrected chi connectivity index (χ2v) is 7.94. The van der Waals surface area contributed by atoms with Gasteiger partial charge in [-0.3, -0.25) is 4.79 Å². The lowest BCUT2D eigenvalue weighted by atomic mass is 9.42. The van der Waals surface area contributed by atoms with Crippen LogP contribution in [0.1, 0.15) is 52.9 Å². The molecule has 4 rings (SSSR count). The highest BCUT2D eigenvalue weighted by Gasteiger charge is 2.61. The molecule has 2 atom stereocenters. The van der Waals surface area contributed by atoms with Crippen LogP contribution in [0.25, 0.3) is 0 Å². The fourth-order valence-corrected chi connectivity index (χ4v) is 5.99. The monoisotopic (exact) mass is 261 g/mol. The molecule has 0 aromatic carbocycles. The summed E-state index contributed by atoms with van der Waals surface area (Å²) in [6, 6.07) is 0. The number of nitrogens with one attached hydrogen (secondary N) is 1. The van der Waals surface area contributed by atoms with E-state index in [0.717, 1.165) is 5.92 Å². The van der Waals surface area contributed by atoms with E-state index in [2.05, 4.69) is 32.7 Å². The van der Waals surface area contributed by atoms with Crippen LogP contribution >= 0.6 is 0 Å². The highest BCUT2D eigenvalue weighted by molar-refractivity contribution is 5.87. The van der Waals surface area contributed by atoms with Crippen molar-refractivity contribution in [1.82, 2.24) is 5.32 Å². The molecule has 0 radical (unpaired) electrons. The molecular weight excluding hydrogens is 234 g/mol. The molecule has 0 aromatic rings. The summed E-state index contributed by atoms with van der Waals surface area (Å²) in [6.45, 7) is 10.7. The van der Waals surface area contributed by atoms with Gasteiger partial charge >= 0.3 is 0 Å². The molecule has 4 bridgehead atoms. The van der Waals surface area contributed by atoms with Crippen molar-refractivity contribution in [1.29, 1.82) is 0 Å². The van der Waals surface area contributed by atoms with Crippen LogP contribution in [0.2, 0.25) is 0 Å². The van der Waals surface area contributed by atoms with Crippen molar-refractivity contribution in [3.8, 4) is 0 Å². The third-order valence-electron chi connectivity index (χ3n) is 6.33. The van der Waals surface area contributed by atoms with Gasteiger partial charge in [0.2, 0.25) is 5.91 Å². The minimum absolute atomic E-state index is 0.0197. The Bertz CT molecular complexity index is 395. The second kappa shape index (κ2) is 4.10. The summed E-state index contributed by atoms with van der Waals surface area (Å²) in [6.07, 6.45) is 8.11. The van der Waals surface area contributed by atoms with Gasteiger partial charge in [-0.1, -0.05) is 27.4 Å². The van der Waals surface area contributed by atoms with E-state index in [4.69, 9.17) is 0 Å². The maximum absolute atomic E-state index is 12.0. The number of amides is 1. The molecule has 2 heteroatoms. The molecule has 1 amide bonds. The molecule has 106 valence electrons. The molecule has 19 heavy (non-hydrogen) atoms. The second-order valence-electron chi connectivity index (χ2n) is 7.94. The van der Waals surface area contributed by atoms with Gasteiger partial charge < -0.3 is 5.32 Å². The molecule has 0 aromatic heterocycles. The van der Waals surface area contributed by atoms with E-state index in [1.54, 1.807) is 0 Å². The first kappa shape index (κ1) is 13.2. The van der Waals surface area contributed by atoms with Crippen molar-refractivity contribution in [2.75, 3.05) is 0 Å². The molecular formula is C17H27NO. The molecule has 4 aliphatic rings. The Labute approximate surface area is 117 Å². The summed E-state index contributed by atoms with van der Waals surface area (Å²) in [5, 5.41) is 3.38. The zero-order valence-electron chi connectivity index (χ0n) is 12.5. The maximum atomic E-state index is 12.0. The standard InChI is InChI=1S/C17H27NO/c1-5-15(19)18-17(11(2)3)13-6-12-7-14(17)10-16(4,8-12)9-13/h5,11-14H,1,6-10H2,2-4H3,(H,18,19). The Balaban J connectivity index is 1.97. The molecule has 4 aliphatic carbocycles. The number of hydrogen-bond acceptors (Lipinski definition) is 1. The van der Waals surface area contributed by atoms with Crippen molar-refractivity contribution in [2.24, 2.45) is 29.1 Å². The Morgan fingerprint density at radius 1 is 1.26 bits per heavy atom. The third kappa shape index (κ3) is 1.79. The van der Waals surface area contributed by atoms with Crippen molar-refractivity contribution in [3.05, 3.63) is 12.7 Å². The summed E-state index contributed by atoms with van der Waals surface area (Å²) < 4.78 is 0. The van der Waals surface area contributed by atoms with Crippen molar-refractivity contribution in [2.45, 2.75) is 58.4 Å². The van der Waals surface area contributed by atoms with Crippen LogP contribution in [0, 0.1) is 29.1 Å². The van der Waals surface area contributed by atoms with Gasteiger partial charge in [0.15, 0.2) is 0 Å². The lowest BCUT2D eigenvalue weighted by Gasteiger charge is -2.66. The first-order valence-electron chi connectivity index (χ1n) is 7.84. The van der Waals surface area contributed by atoms with Gasteiger partial charge in [-0.05, 0) is 67.3 Å². The first-order valence-corrected chi connectivity index (χ1v) is 7.84. The molecule has 0 spiro atoms. The quantitative estimate of drug-likeness (QED) is 0.774. The van der Waals surface area contributed by atoms with E-state index >= 15 is 0 Å². The van der Waals surface area contributed by atoms with Crippen LogP contribution in [0.5, 0.6) is 0 Å². The summed E-state index contributed by atoms with van der Waals surface area (Å²) >= 11 is 0. The van der Waals surface area contributed by atoms with Crippen LogP contribution in [-0.4, -0.2) is 11.4 Å². The Morgan fingerprint density at radius 2 is 1.84 bits per heavy atom. The number of rotatable bonds is 3. The zero-order valence-corrected chi connectivity index (χ0v) is 12.5. The van der Waals surface area contributed by atoms with E-state index in [1.165, 1.54) is 38.2 Å². The summed E-state index contributed by atoms with van der Waals surface area (Å²) in [5.41, 5.74) is 0.579. The van der Waals surface area contributed by atoms with Crippen LogP contribution in [0.4, 0.5) is 0 Å². The molecule has 0 heterocycles. The van der Waals surface area contributed by atoms with Crippen molar-refractivity contribution in [3.63, 3.8) is 0 Å². The third-order valence-corrected chi connectivity index (χ3v) is 6.33. The lowest BCUT2D eigenvalue weighted by molar-refractivity contribution is -0.146. The van der Waals surface area contributed by atoms with Gasteiger partial charge in [-0.2, -0.15) is 0 Å². The zero-order chi connectivity index (χ0) is 13.8. The van der Waals surface area contributed by atoms with Crippen molar-refractivity contribution >= 4 is 5.91 Å². The predicted molar refractivity (Wildman–Crippen MR) is 77.6 cm³/mol. The Hall–Kier alpha value is -0.790.